The third kappa shape index (κ3) is 14.7. The van der Waals surface area contributed by atoms with Crippen LogP contribution in [0.4, 0.5) is 19.3 Å². The monoisotopic (exact) mass is 806 g/mol. The number of carbonyl (C=O) groups excluding carboxylic acids is 3. The number of halogens is 3. The molecule has 4 rings (SSSR count). The van der Waals surface area contributed by atoms with E-state index in [1.807, 2.05) is 72.5 Å². The van der Waals surface area contributed by atoms with Crippen LogP contribution in [0.1, 0.15) is 42.9 Å². The molecular weight excluding hydrogens is 762 g/mol. The number of benzene rings is 4. The van der Waals surface area contributed by atoms with Crippen LogP contribution >= 0.6 is 15.9 Å². The molecule has 0 aliphatic rings. The van der Waals surface area contributed by atoms with E-state index in [9.17, 15) is 23.2 Å². The van der Waals surface area contributed by atoms with Crippen molar-refractivity contribution in [1.82, 2.24) is 10.2 Å². The van der Waals surface area contributed by atoms with E-state index in [4.69, 9.17) is 19.9 Å². The predicted molar refractivity (Wildman–Crippen MR) is 208 cm³/mol. The maximum Gasteiger partial charge on any atom is 0.323 e. The molecule has 54 heavy (non-hydrogen) atoms. The first-order chi connectivity index (χ1) is 26.1. The fourth-order valence-electron chi connectivity index (χ4n) is 5.47. The van der Waals surface area contributed by atoms with E-state index in [1.165, 1.54) is 6.07 Å². The highest BCUT2D eigenvalue weighted by atomic mass is 79.9. The van der Waals surface area contributed by atoms with Gasteiger partial charge >= 0.3 is 12.0 Å². The van der Waals surface area contributed by atoms with E-state index in [0.717, 1.165) is 39.7 Å². The van der Waals surface area contributed by atoms with E-state index in [0.29, 0.717) is 44.0 Å². The number of hydrogen-bond acceptors (Lipinski definition) is 7. The van der Waals surface area contributed by atoms with Gasteiger partial charge in [-0.15, -0.1) is 0 Å². The molecule has 0 saturated carbocycles. The molecule has 3 amide bonds. The SMILES string of the molecule is CCCOCCOC(=O)C(CCCNC(N)=O)N(C/C=C/c1cccc(NC(=O)Cc2cccc(Br)c2)c1)Cc1ccc(Oc2ccc(F)cc2F)cc1. The lowest BCUT2D eigenvalue weighted by Crippen LogP contribution is -2.43. The van der Waals surface area contributed by atoms with Gasteiger partial charge in [-0.3, -0.25) is 14.5 Å². The number of primary amides is 1. The number of ether oxygens (including phenoxy) is 3. The molecule has 0 fully saturated rings. The van der Waals surface area contributed by atoms with Crippen LogP contribution in [0.25, 0.3) is 6.08 Å². The molecule has 10 nitrogen and oxygen atoms in total. The molecule has 0 saturated heterocycles. The Labute approximate surface area is 322 Å². The average Bonchev–Trinajstić information content (AvgIpc) is 3.13. The van der Waals surface area contributed by atoms with Gasteiger partial charge in [-0.25, -0.2) is 13.6 Å². The first kappa shape index (κ1) is 41.6. The molecule has 0 heterocycles. The van der Waals surface area contributed by atoms with Gasteiger partial charge < -0.3 is 30.6 Å². The minimum absolute atomic E-state index is 0.0879. The van der Waals surface area contributed by atoms with Crippen LogP contribution in [0.3, 0.4) is 0 Å². The number of esters is 1. The van der Waals surface area contributed by atoms with Crippen molar-refractivity contribution in [2.75, 3.05) is 38.2 Å². The molecule has 286 valence electrons. The number of nitrogens with two attached hydrogens (primary N) is 1. The zero-order valence-corrected chi connectivity index (χ0v) is 31.7. The standard InChI is InChI=1S/C41H45BrF2N4O6/c1-2-21-52-22-23-53-40(50)37(12-5-19-46-41(45)51)48(28-30-13-16-35(17-14-30)54-38-18-15-33(43)27-36(38)44)20-6-9-29-7-4-11-34(25-29)47-39(49)26-31-8-3-10-32(42)24-31/h3-4,6-11,13-18,24-25,27,37H,2,5,12,19-23,26,28H2,1H3,(H,47,49)(H3,45,46,51)/b9-6+. The smallest absolute Gasteiger partial charge is 0.323 e. The summed E-state index contributed by atoms with van der Waals surface area (Å²) in [6.45, 7) is 3.82. The molecule has 1 atom stereocenters. The lowest BCUT2D eigenvalue weighted by Gasteiger charge is -2.29. The van der Waals surface area contributed by atoms with Crippen LogP contribution in [-0.2, 0) is 32.0 Å². The summed E-state index contributed by atoms with van der Waals surface area (Å²) in [6.07, 6.45) is 5.69. The predicted octanol–water partition coefficient (Wildman–Crippen LogP) is 8.00. The number of carbonyl (C=O) groups is 3. The second-order valence-corrected chi connectivity index (χ2v) is 13.3. The number of anilines is 1. The third-order valence-corrected chi connectivity index (χ3v) is 8.49. The van der Waals surface area contributed by atoms with Crippen LogP contribution in [0.5, 0.6) is 11.5 Å². The molecule has 4 aromatic carbocycles. The summed E-state index contributed by atoms with van der Waals surface area (Å²) < 4.78 is 45.3. The van der Waals surface area contributed by atoms with Gasteiger partial charge in [-0.2, -0.15) is 0 Å². The van der Waals surface area contributed by atoms with Crippen molar-refractivity contribution < 1.29 is 37.4 Å². The minimum Gasteiger partial charge on any atom is -0.462 e. The highest BCUT2D eigenvalue weighted by Crippen LogP contribution is 2.26. The molecule has 0 bridgehead atoms. The van der Waals surface area contributed by atoms with Gasteiger partial charge in [0.2, 0.25) is 5.91 Å². The topological polar surface area (TPSA) is 132 Å². The molecule has 13 heteroatoms. The normalized spacial score (nSPS) is 11.7. The average molecular weight is 808 g/mol. The van der Waals surface area contributed by atoms with Crippen molar-refractivity contribution in [3.05, 3.63) is 130 Å². The third-order valence-electron chi connectivity index (χ3n) is 7.99. The van der Waals surface area contributed by atoms with E-state index < -0.39 is 29.7 Å². The number of urea groups is 1. The molecule has 4 aromatic rings. The van der Waals surface area contributed by atoms with Gasteiger partial charge in [0.15, 0.2) is 11.6 Å². The van der Waals surface area contributed by atoms with Gasteiger partial charge in [0.1, 0.15) is 24.2 Å². The first-order valence-electron chi connectivity index (χ1n) is 17.6. The quantitative estimate of drug-likeness (QED) is 0.0575. The zero-order chi connectivity index (χ0) is 38.7. The van der Waals surface area contributed by atoms with Crippen LogP contribution < -0.4 is 21.1 Å². The Bertz CT molecular complexity index is 1860. The summed E-state index contributed by atoms with van der Waals surface area (Å²) in [6, 6.07) is 23.7. The molecule has 0 radical (unpaired) electrons. The Hall–Kier alpha value is -5.11. The van der Waals surface area contributed by atoms with Crippen molar-refractivity contribution in [1.29, 1.82) is 0 Å². The molecule has 0 aromatic heterocycles. The van der Waals surface area contributed by atoms with E-state index in [2.05, 4.69) is 26.6 Å². The fraction of sp³-hybridized carbons (Fsp3) is 0.293. The summed E-state index contributed by atoms with van der Waals surface area (Å²) in [5, 5.41) is 5.52. The summed E-state index contributed by atoms with van der Waals surface area (Å²) in [5.74, 6) is -1.88. The van der Waals surface area contributed by atoms with Crippen LogP contribution in [0.2, 0.25) is 0 Å². The second-order valence-electron chi connectivity index (χ2n) is 12.4. The van der Waals surface area contributed by atoms with Crippen molar-refractivity contribution in [3.8, 4) is 11.5 Å². The second kappa shape index (κ2) is 22.2. The Morgan fingerprint density at radius 2 is 1.72 bits per heavy atom. The number of rotatable bonds is 21. The molecule has 1 unspecified atom stereocenters. The summed E-state index contributed by atoms with van der Waals surface area (Å²) in [4.78, 5) is 39.6. The molecular formula is C41H45BrF2N4O6. The van der Waals surface area contributed by atoms with Crippen molar-refractivity contribution >= 4 is 45.6 Å². The molecule has 0 aliphatic carbocycles. The molecule has 0 spiro atoms. The number of hydrogen-bond donors (Lipinski definition) is 3. The Kier molecular flexibility index (Phi) is 17.1. The lowest BCUT2D eigenvalue weighted by atomic mass is 10.1. The number of nitrogens with zero attached hydrogens (tertiary/aromatic N) is 1. The highest BCUT2D eigenvalue weighted by molar-refractivity contribution is 9.10. The van der Waals surface area contributed by atoms with Gasteiger partial charge in [-0.05, 0) is 84.5 Å². The van der Waals surface area contributed by atoms with E-state index in [1.54, 1.807) is 24.3 Å². The summed E-state index contributed by atoms with van der Waals surface area (Å²) in [5.41, 5.74) is 8.45. The van der Waals surface area contributed by atoms with Crippen LogP contribution in [-0.4, -0.2) is 61.8 Å². The Balaban J connectivity index is 1.51. The van der Waals surface area contributed by atoms with Crippen molar-refractivity contribution in [2.24, 2.45) is 5.73 Å². The van der Waals surface area contributed by atoms with E-state index in [-0.39, 0.29) is 37.8 Å². The van der Waals surface area contributed by atoms with E-state index >= 15 is 0 Å². The fourth-order valence-corrected chi connectivity index (χ4v) is 5.91. The summed E-state index contributed by atoms with van der Waals surface area (Å²) >= 11 is 3.44. The Morgan fingerprint density at radius 3 is 2.46 bits per heavy atom. The van der Waals surface area contributed by atoms with Gasteiger partial charge in [0.05, 0.1) is 13.0 Å². The maximum absolute atomic E-state index is 14.2. The van der Waals surface area contributed by atoms with Crippen molar-refractivity contribution in [2.45, 2.75) is 45.2 Å². The van der Waals surface area contributed by atoms with Crippen LogP contribution in [0, 0.1) is 11.6 Å². The molecule has 4 N–H and O–H groups in total. The maximum atomic E-state index is 14.2. The van der Waals surface area contributed by atoms with Gasteiger partial charge in [0.25, 0.3) is 0 Å². The zero-order valence-electron chi connectivity index (χ0n) is 30.1. The van der Waals surface area contributed by atoms with Gasteiger partial charge in [0, 0.05) is 42.5 Å². The highest BCUT2D eigenvalue weighted by Gasteiger charge is 2.27. The van der Waals surface area contributed by atoms with Crippen molar-refractivity contribution in [3.63, 3.8) is 0 Å². The lowest BCUT2D eigenvalue weighted by molar-refractivity contribution is -0.152. The Morgan fingerprint density at radius 1 is 0.926 bits per heavy atom. The number of nitrogens with one attached hydrogen (secondary N) is 2. The van der Waals surface area contributed by atoms with Crippen LogP contribution in [0.15, 0.2) is 102 Å². The largest absolute Gasteiger partial charge is 0.462 e. The van der Waals surface area contributed by atoms with Gasteiger partial charge in [-0.1, -0.05) is 71.4 Å². The summed E-state index contributed by atoms with van der Waals surface area (Å²) in [7, 11) is 0. The number of amides is 3. The minimum atomic E-state index is -0.821. The first-order valence-corrected chi connectivity index (χ1v) is 18.4. The molecule has 0 aliphatic heterocycles.